The fourth-order valence-corrected chi connectivity index (χ4v) is 2.29. The van der Waals surface area contributed by atoms with Crippen LogP contribution in [0, 0.1) is 12.7 Å². The van der Waals surface area contributed by atoms with Gasteiger partial charge in [0.25, 0.3) is 0 Å². The summed E-state index contributed by atoms with van der Waals surface area (Å²) < 4.78 is 35.9. The largest absolute Gasteiger partial charge is 0.381 e. The van der Waals surface area contributed by atoms with Crippen LogP contribution in [0.2, 0.25) is 0 Å². The summed E-state index contributed by atoms with van der Waals surface area (Å²) in [5, 5.41) is 8.10. The second-order valence-corrected chi connectivity index (χ2v) is 6.07. The van der Waals surface area contributed by atoms with E-state index in [9.17, 15) is 12.8 Å². The van der Waals surface area contributed by atoms with Crippen LogP contribution in [0.25, 0.3) is 0 Å². The number of primary sulfonamides is 1. The van der Waals surface area contributed by atoms with Crippen molar-refractivity contribution < 1.29 is 12.8 Å². The summed E-state index contributed by atoms with van der Waals surface area (Å²) in [5.74, 6) is -0.261. The second-order valence-electron chi connectivity index (χ2n) is 4.51. The highest BCUT2D eigenvalue weighted by molar-refractivity contribution is 7.89. The van der Waals surface area contributed by atoms with Crippen molar-refractivity contribution in [1.29, 1.82) is 0 Å². The van der Waals surface area contributed by atoms with E-state index in [4.69, 9.17) is 5.14 Å². The van der Waals surface area contributed by atoms with Crippen LogP contribution in [-0.2, 0) is 16.6 Å². The van der Waals surface area contributed by atoms with Crippen LogP contribution in [0.4, 0.5) is 10.1 Å². The summed E-state index contributed by atoms with van der Waals surface area (Å²) >= 11 is 0. The molecule has 106 valence electrons. The number of nitrogens with one attached hydrogen (secondary N) is 1. The Labute approximate surface area is 117 Å². The third kappa shape index (κ3) is 3.55. The lowest BCUT2D eigenvalue weighted by atomic mass is 10.1. The number of halogens is 1. The van der Waals surface area contributed by atoms with Gasteiger partial charge in [-0.25, -0.2) is 17.9 Å². The van der Waals surface area contributed by atoms with E-state index in [0.717, 1.165) is 5.56 Å². The maximum absolute atomic E-state index is 13.4. The zero-order valence-corrected chi connectivity index (χ0v) is 11.7. The van der Waals surface area contributed by atoms with E-state index in [0.29, 0.717) is 17.8 Å². The predicted octanol–water partition coefficient (Wildman–Crippen LogP) is 2.39. The lowest BCUT2D eigenvalue weighted by Crippen LogP contribution is -2.12. The average molecular weight is 294 g/mol. The number of aryl methyl sites for hydroxylation is 1. The Balaban J connectivity index is 2.13. The average Bonchev–Trinajstić information content (AvgIpc) is 2.39. The molecule has 20 heavy (non-hydrogen) atoms. The topological polar surface area (TPSA) is 72.2 Å². The minimum Gasteiger partial charge on any atom is -0.381 e. The monoisotopic (exact) mass is 294 g/mol. The summed E-state index contributed by atoms with van der Waals surface area (Å²) in [5.41, 5.74) is 1.97. The lowest BCUT2D eigenvalue weighted by Gasteiger charge is -2.08. The standard InChI is InChI=1S/C14H15FN2O2S/c1-10-5-6-11(7-14(10)15)9-17-12-3-2-4-13(8-12)20(16,18)19/h2-8,17H,9H2,1H3,(H2,16,18,19). The summed E-state index contributed by atoms with van der Waals surface area (Å²) in [6, 6.07) is 11.1. The van der Waals surface area contributed by atoms with Gasteiger partial charge in [-0.2, -0.15) is 0 Å². The molecule has 0 radical (unpaired) electrons. The summed E-state index contributed by atoms with van der Waals surface area (Å²) in [6.07, 6.45) is 0. The molecule has 0 heterocycles. The van der Waals surface area contributed by atoms with Crippen molar-refractivity contribution in [2.75, 3.05) is 5.32 Å². The van der Waals surface area contributed by atoms with E-state index in [1.54, 1.807) is 25.1 Å². The van der Waals surface area contributed by atoms with Crippen molar-refractivity contribution in [1.82, 2.24) is 0 Å². The Bertz CT molecular complexity index is 730. The lowest BCUT2D eigenvalue weighted by molar-refractivity contribution is 0.598. The minimum atomic E-state index is -3.72. The van der Waals surface area contributed by atoms with Crippen molar-refractivity contribution in [2.24, 2.45) is 5.14 Å². The van der Waals surface area contributed by atoms with E-state index in [1.807, 2.05) is 6.07 Å². The first kappa shape index (κ1) is 14.5. The highest BCUT2D eigenvalue weighted by atomic mass is 32.2. The Morgan fingerprint density at radius 1 is 1.20 bits per heavy atom. The summed E-state index contributed by atoms with van der Waals surface area (Å²) in [7, 11) is -3.72. The number of hydrogen-bond donors (Lipinski definition) is 2. The first-order chi connectivity index (χ1) is 9.36. The van der Waals surface area contributed by atoms with Gasteiger partial charge >= 0.3 is 0 Å². The van der Waals surface area contributed by atoms with Gasteiger partial charge in [0.05, 0.1) is 4.90 Å². The van der Waals surface area contributed by atoms with E-state index in [2.05, 4.69) is 5.32 Å². The molecule has 0 aromatic heterocycles. The first-order valence-corrected chi connectivity index (χ1v) is 7.52. The number of rotatable bonds is 4. The number of nitrogens with two attached hydrogens (primary N) is 1. The predicted molar refractivity (Wildman–Crippen MR) is 76.3 cm³/mol. The van der Waals surface area contributed by atoms with Gasteiger partial charge in [-0.1, -0.05) is 18.2 Å². The molecule has 3 N–H and O–H groups in total. The molecular weight excluding hydrogens is 279 g/mol. The number of hydrogen-bond acceptors (Lipinski definition) is 3. The van der Waals surface area contributed by atoms with Crippen molar-refractivity contribution in [3.05, 3.63) is 59.4 Å². The molecule has 0 aliphatic rings. The van der Waals surface area contributed by atoms with Crippen molar-refractivity contribution in [3.63, 3.8) is 0 Å². The zero-order valence-electron chi connectivity index (χ0n) is 10.9. The van der Waals surface area contributed by atoms with E-state index in [1.165, 1.54) is 18.2 Å². The number of benzene rings is 2. The van der Waals surface area contributed by atoms with Gasteiger partial charge in [-0.15, -0.1) is 0 Å². The van der Waals surface area contributed by atoms with Crippen LogP contribution < -0.4 is 10.5 Å². The van der Waals surface area contributed by atoms with Crippen LogP contribution in [0.3, 0.4) is 0 Å². The maximum Gasteiger partial charge on any atom is 0.238 e. The van der Waals surface area contributed by atoms with Crippen LogP contribution in [0.15, 0.2) is 47.4 Å². The quantitative estimate of drug-likeness (QED) is 0.909. The highest BCUT2D eigenvalue weighted by Crippen LogP contribution is 2.16. The molecule has 0 atom stereocenters. The third-order valence-corrected chi connectivity index (χ3v) is 3.81. The summed E-state index contributed by atoms with van der Waals surface area (Å²) in [6.45, 7) is 2.09. The molecule has 6 heteroatoms. The Morgan fingerprint density at radius 3 is 2.60 bits per heavy atom. The van der Waals surface area contributed by atoms with Gasteiger partial charge in [0.1, 0.15) is 5.82 Å². The second kappa shape index (κ2) is 5.60. The molecule has 0 saturated carbocycles. The fourth-order valence-electron chi connectivity index (χ4n) is 1.73. The molecule has 0 amide bonds. The summed E-state index contributed by atoms with van der Waals surface area (Å²) in [4.78, 5) is 0.0394. The van der Waals surface area contributed by atoms with Gasteiger partial charge in [-0.3, -0.25) is 0 Å². The molecule has 0 aliphatic heterocycles. The van der Waals surface area contributed by atoms with Crippen molar-refractivity contribution in [2.45, 2.75) is 18.4 Å². The van der Waals surface area contributed by atoms with Gasteiger partial charge in [-0.05, 0) is 42.3 Å². The normalized spacial score (nSPS) is 11.3. The molecule has 2 rings (SSSR count). The Morgan fingerprint density at radius 2 is 1.95 bits per heavy atom. The van der Waals surface area contributed by atoms with E-state index in [-0.39, 0.29) is 10.7 Å². The van der Waals surface area contributed by atoms with Crippen LogP contribution in [0.5, 0.6) is 0 Å². The smallest absolute Gasteiger partial charge is 0.238 e. The molecule has 2 aromatic carbocycles. The molecule has 0 spiro atoms. The molecule has 0 fully saturated rings. The third-order valence-electron chi connectivity index (χ3n) is 2.90. The zero-order chi connectivity index (χ0) is 14.8. The minimum absolute atomic E-state index is 0.0394. The molecular formula is C14H15FN2O2S. The van der Waals surface area contributed by atoms with Gasteiger partial charge < -0.3 is 5.32 Å². The molecule has 0 aliphatic carbocycles. The van der Waals surface area contributed by atoms with Gasteiger partial charge in [0.15, 0.2) is 0 Å². The highest BCUT2D eigenvalue weighted by Gasteiger charge is 2.07. The molecule has 0 unspecified atom stereocenters. The Kier molecular flexibility index (Phi) is 4.06. The van der Waals surface area contributed by atoms with E-state index < -0.39 is 10.0 Å². The molecule has 2 aromatic rings. The van der Waals surface area contributed by atoms with Crippen LogP contribution >= 0.6 is 0 Å². The van der Waals surface area contributed by atoms with Gasteiger partial charge in [0.2, 0.25) is 10.0 Å². The Hall–Kier alpha value is -1.92. The first-order valence-electron chi connectivity index (χ1n) is 5.98. The fraction of sp³-hybridized carbons (Fsp3) is 0.143. The van der Waals surface area contributed by atoms with Crippen molar-refractivity contribution >= 4 is 15.7 Å². The van der Waals surface area contributed by atoms with Gasteiger partial charge in [0, 0.05) is 12.2 Å². The number of anilines is 1. The van der Waals surface area contributed by atoms with Crippen LogP contribution in [-0.4, -0.2) is 8.42 Å². The number of sulfonamides is 1. The maximum atomic E-state index is 13.4. The SMILES string of the molecule is Cc1ccc(CNc2cccc(S(N)(=O)=O)c2)cc1F. The molecule has 0 bridgehead atoms. The van der Waals surface area contributed by atoms with E-state index >= 15 is 0 Å². The molecule has 4 nitrogen and oxygen atoms in total. The van der Waals surface area contributed by atoms with Crippen molar-refractivity contribution in [3.8, 4) is 0 Å². The molecule has 0 saturated heterocycles. The van der Waals surface area contributed by atoms with Crippen LogP contribution in [0.1, 0.15) is 11.1 Å².